The number of nitrogens with zero attached hydrogens (tertiary/aromatic N) is 2. The summed E-state index contributed by atoms with van der Waals surface area (Å²) in [6, 6.07) is 77.8. The molecule has 13 rings (SSSR count). The van der Waals surface area contributed by atoms with Crippen LogP contribution in [0, 0.1) is 0 Å². The van der Waals surface area contributed by atoms with Gasteiger partial charge in [-0.1, -0.05) is 173 Å². The van der Waals surface area contributed by atoms with E-state index in [1.807, 2.05) is 0 Å². The number of para-hydroxylation sites is 2. The molecule has 9 aromatic carbocycles. The molecule has 0 atom stereocenters. The number of fused-ring (bicyclic) bond motifs is 15. The molecule has 0 saturated carbocycles. The van der Waals surface area contributed by atoms with E-state index in [2.05, 4.69) is 243 Å². The second-order valence-corrected chi connectivity index (χ2v) is 18.9. The summed E-state index contributed by atoms with van der Waals surface area (Å²) in [5.74, 6) is 0. The fraction of sp³-hybridized carbons (Fsp3) is 0.115. The second-order valence-electron chi connectivity index (χ2n) is 18.9. The van der Waals surface area contributed by atoms with E-state index >= 15 is 0 Å². The maximum atomic E-state index is 2.53. The molecule has 10 aromatic rings. The predicted molar refractivity (Wildman–Crippen MR) is 262 cm³/mol. The van der Waals surface area contributed by atoms with Gasteiger partial charge in [-0.05, 0) is 127 Å². The van der Waals surface area contributed by atoms with Gasteiger partial charge < -0.3 is 9.47 Å². The third-order valence-corrected chi connectivity index (χ3v) is 15.0. The first-order valence-electron chi connectivity index (χ1n) is 22.4. The molecule has 3 aliphatic carbocycles. The lowest BCUT2D eigenvalue weighted by Gasteiger charge is -2.46. The van der Waals surface area contributed by atoms with E-state index in [9.17, 15) is 0 Å². The Hall–Kier alpha value is -7.42. The third kappa shape index (κ3) is 4.73. The molecule has 0 bridgehead atoms. The summed E-state index contributed by atoms with van der Waals surface area (Å²) in [7, 11) is 0. The van der Waals surface area contributed by atoms with Crippen LogP contribution in [0.5, 0.6) is 0 Å². The smallest absolute Gasteiger partial charge is 0.0720 e. The standard InChI is InChI=1S/C61H46N2/c1-59(2)49-23-11-8-20-43(49)45-33-30-41(37-55(45)59)62(40-32-35-58-48(36-40)47-22-10-17-29-57(47)63(58)39-18-6-5-7-19-39)42-31-34-46-44-21-9-12-24-50(44)61(56(46)38-42)53-27-15-13-25-51(53)60(3,4)52-26-14-16-28-54(52)61/h5-38H,1-4H3. The summed E-state index contributed by atoms with van der Waals surface area (Å²) in [5.41, 5.74) is 22.4. The molecule has 0 N–H and O–H groups in total. The summed E-state index contributed by atoms with van der Waals surface area (Å²) in [5, 5.41) is 2.47. The Morgan fingerprint density at radius 1 is 0.317 bits per heavy atom. The van der Waals surface area contributed by atoms with Crippen molar-refractivity contribution in [3.63, 3.8) is 0 Å². The van der Waals surface area contributed by atoms with Crippen molar-refractivity contribution in [3.8, 4) is 27.9 Å². The second kappa shape index (κ2) is 12.8. The van der Waals surface area contributed by atoms with Crippen molar-refractivity contribution in [2.45, 2.75) is 43.9 Å². The summed E-state index contributed by atoms with van der Waals surface area (Å²) in [6.07, 6.45) is 0. The van der Waals surface area contributed by atoms with Gasteiger partial charge in [0.15, 0.2) is 0 Å². The number of benzene rings is 9. The van der Waals surface area contributed by atoms with Gasteiger partial charge in [0.05, 0.1) is 16.4 Å². The molecule has 63 heavy (non-hydrogen) atoms. The minimum absolute atomic E-state index is 0.146. The summed E-state index contributed by atoms with van der Waals surface area (Å²) < 4.78 is 2.41. The number of anilines is 3. The number of aromatic nitrogens is 1. The van der Waals surface area contributed by atoms with Gasteiger partial charge in [0.2, 0.25) is 0 Å². The zero-order valence-corrected chi connectivity index (χ0v) is 36.0. The van der Waals surface area contributed by atoms with Crippen LogP contribution in [0.1, 0.15) is 72.2 Å². The normalized spacial score (nSPS) is 15.4. The molecule has 2 heteroatoms. The lowest BCUT2D eigenvalue weighted by atomic mass is 9.55. The van der Waals surface area contributed by atoms with E-state index in [4.69, 9.17) is 0 Å². The minimum Gasteiger partial charge on any atom is -0.310 e. The van der Waals surface area contributed by atoms with E-state index in [-0.39, 0.29) is 10.8 Å². The Kier molecular flexibility index (Phi) is 7.37. The van der Waals surface area contributed by atoms with Crippen molar-refractivity contribution in [1.29, 1.82) is 0 Å². The Balaban J connectivity index is 1.10. The summed E-state index contributed by atoms with van der Waals surface area (Å²) >= 11 is 0. The first-order valence-corrected chi connectivity index (χ1v) is 22.4. The SMILES string of the molecule is CC1(C)c2ccccc2-c2ccc(N(c3ccc4c(c3)C3(c5ccccc5-4)c4ccccc4C(C)(C)c4ccccc43)c3ccc4c(c3)c3ccccc3n4-c3ccccc3)cc21. The van der Waals surface area contributed by atoms with E-state index in [0.717, 1.165) is 22.7 Å². The highest BCUT2D eigenvalue weighted by Crippen LogP contribution is 2.63. The van der Waals surface area contributed by atoms with Gasteiger partial charge in [-0.15, -0.1) is 0 Å². The highest BCUT2D eigenvalue weighted by molar-refractivity contribution is 6.11. The van der Waals surface area contributed by atoms with Gasteiger partial charge in [0.1, 0.15) is 0 Å². The molecular formula is C61H46N2. The van der Waals surface area contributed by atoms with Crippen LogP contribution in [-0.2, 0) is 16.2 Å². The van der Waals surface area contributed by atoms with Crippen LogP contribution in [0.2, 0.25) is 0 Å². The van der Waals surface area contributed by atoms with E-state index < -0.39 is 5.41 Å². The van der Waals surface area contributed by atoms with Gasteiger partial charge in [0.25, 0.3) is 0 Å². The molecule has 1 heterocycles. The fourth-order valence-corrected chi connectivity index (χ4v) is 12.2. The average molecular weight is 807 g/mol. The van der Waals surface area contributed by atoms with Crippen molar-refractivity contribution in [2.24, 2.45) is 0 Å². The van der Waals surface area contributed by atoms with Gasteiger partial charge in [-0.3, -0.25) is 0 Å². The highest BCUT2D eigenvalue weighted by atomic mass is 15.1. The average Bonchev–Trinajstić information content (AvgIpc) is 3.90. The van der Waals surface area contributed by atoms with Crippen molar-refractivity contribution in [2.75, 3.05) is 4.90 Å². The predicted octanol–water partition coefficient (Wildman–Crippen LogP) is 15.6. The quantitative estimate of drug-likeness (QED) is 0.172. The monoisotopic (exact) mass is 806 g/mol. The number of hydrogen-bond acceptors (Lipinski definition) is 1. The first-order chi connectivity index (χ1) is 30.8. The molecule has 0 amide bonds. The minimum atomic E-state index is -0.495. The maximum Gasteiger partial charge on any atom is 0.0720 e. The maximum absolute atomic E-state index is 2.53. The van der Waals surface area contributed by atoms with Crippen LogP contribution >= 0.6 is 0 Å². The Labute approximate surface area is 369 Å². The summed E-state index contributed by atoms with van der Waals surface area (Å²) in [4.78, 5) is 2.52. The molecule has 0 unspecified atom stereocenters. The van der Waals surface area contributed by atoms with Crippen molar-refractivity contribution >= 4 is 38.9 Å². The van der Waals surface area contributed by atoms with Crippen molar-refractivity contribution in [1.82, 2.24) is 4.57 Å². The summed E-state index contributed by atoms with van der Waals surface area (Å²) in [6.45, 7) is 9.56. The van der Waals surface area contributed by atoms with E-state index in [1.54, 1.807) is 0 Å². The molecule has 3 aliphatic rings. The van der Waals surface area contributed by atoms with Crippen molar-refractivity contribution < 1.29 is 0 Å². The first kappa shape index (κ1) is 36.3. The van der Waals surface area contributed by atoms with Crippen LogP contribution in [0.4, 0.5) is 17.1 Å². The molecule has 1 aromatic heterocycles. The Bertz CT molecular complexity index is 3480. The van der Waals surface area contributed by atoms with Crippen LogP contribution in [0.25, 0.3) is 49.7 Å². The van der Waals surface area contributed by atoms with Crippen LogP contribution < -0.4 is 4.90 Å². The molecular weight excluding hydrogens is 761 g/mol. The van der Waals surface area contributed by atoms with Crippen LogP contribution in [0.3, 0.4) is 0 Å². The van der Waals surface area contributed by atoms with Crippen LogP contribution in [0.15, 0.2) is 206 Å². The van der Waals surface area contributed by atoms with E-state index in [0.29, 0.717) is 0 Å². The van der Waals surface area contributed by atoms with Crippen molar-refractivity contribution in [3.05, 3.63) is 251 Å². The zero-order chi connectivity index (χ0) is 42.2. The molecule has 0 radical (unpaired) electrons. The molecule has 0 fully saturated rings. The Morgan fingerprint density at radius 3 is 1.44 bits per heavy atom. The molecule has 0 saturated heterocycles. The van der Waals surface area contributed by atoms with Gasteiger partial charge in [-0.25, -0.2) is 0 Å². The fourth-order valence-electron chi connectivity index (χ4n) is 12.2. The third-order valence-electron chi connectivity index (χ3n) is 15.0. The van der Waals surface area contributed by atoms with Gasteiger partial charge in [0, 0.05) is 44.4 Å². The van der Waals surface area contributed by atoms with E-state index in [1.165, 1.54) is 88.6 Å². The molecule has 300 valence electrons. The van der Waals surface area contributed by atoms with Crippen LogP contribution in [-0.4, -0.2) is 4.57 Å². The van der Waals surface area contributed by atoms with Gasteiger partial charge in [-0.2, -0.15) is 0 Å². The lowest BCUT2D eigenvalue weighted by Crippen LogP contribution is -2.40. The Morgan fingerprint density at radius 2 is 0.762 bits per heavy atom. The molecule has 0 aliphatic heterocycles. The largest absolute Gasteiger partial charge is 0.310 e. The number of hydrogen-bond donors (Lipinski definition) is 0. The highest BCUT2D eigenvalue weighted by Gasteiger charge is 2.53. The molecule has 1 spiro atoms. The lowest BCUT2D eigenvalue weighted by molar-refractivity contribution is 0.563. The topological polar surface area (TPSA) is 8.17 Å². The zero-order valence-electron chi connectivity index (χ0n) is 36.0. The number of rotatable bonds is 4. The molecule has 2 nitrogen and oxygen atoms in total. The van der Waals surface area contributed by atoms with Gasteiger partial charge >= 0.3 is 0 Å².